The second-order valence-corrected chi connectivity index (χ2v) is 14.8. The second kappa shape index (κ2) is 10.9. The molecule has 0 radical (unpaired) electrons. The van der Waals surface area contributed by atoms with Crippen LogP contribution in [0.3, 0.4) is 0 Å². The summed E-state index contributed by atoms with van der Waals surface area (Å²) in [4.78, 5) is 11.1. The molecule has 1 aromatic rings. The third-order valence-electron chi connectivity index (χ3n) is 6.80. The van der Waals surface area contributed by atoms with Crippen molar-refractivity contribution in [3.63, 3.8) is 0 Å². The van der Waals surface area contributed by atoms with Crippen molar-refractivity contribution in [3.8, 4) is 5.75 Å². The maximum absolute atomic E-state index is 11.4. The Balaban J connectivity index is 2.32. The number of methoxy groups -OCH3 is 2. The summed E-state index contributed by atoms with van der Waals surface area (Å²) >= 11 is 0. The Hall–Kier alpha value is -1.74. The van der Waals surface area contributed by atoms with E-state index in [2.05, 4.69) is 39.9 Å². The van der Waals surface area contributed by atoms with Crippen LogP contribution in [0.1, 0.15) is 39.7 Å². The van der Waals surface area contributed by atoms with Gasteiger partial charge in [-0.05, 0) is 54.7 Å². The minimum Gasteiger partial charge on any atom is -0.497 e. The smallest absolute Gasteiger partial charge is 0.230 e. The van der Waals surface area contributed by atoms with Crippen molar-refractivity contribution >= 4 is 8.32 Å². The van der Waals surface area contributed by atoms with Gasteiger partial charge in [-0.2, -0.15) is 0 Å². The van der Waals surface area contributed by atoms with Crippen molar-refractivity contribution < 1.29 is 23.6 Å². The molecule has 32 heavy (non-hydrogen) atoms. The summed E-state index contributed by atoms with van der Waals surface area (Å²) in [6.45, 7) is 13.1. The summed E-state index contributed by atoms with van der Waals surface area (Å²) in [5.74, 6) is 0.511. The van der Waals surface area contributed by atoms with E-state index < -0.39 is 14.4 Å². The number of benzene rings is 1. The summed E-state index contributed by atoms with van der Waals surface area (Å²) < 4.78 is 24.0. The Bertz CT molecular complexity index is 787. The second-order valence-electron chi connectivity index (χ2n) is 10.0. The van der Waals surface area contributed by atoms with Crippen LogP contribution in [0.5, 0.6) is 5.75 Å². The zero-order chi connectivity index (χ0) is 24.1. The molecule has 0 saturated heterocycles. The van der Waals surface area contributed by atoms with E-state index in [1.165, 1.54) is 7.11 Å². The topological polar surface area (TPSA) is 80.1 Å². The first kappa shape index (κ1) is 26.5. The van der Waals surface area contributed by atoms with E-state index >= 15 is 0 Å². The van der Waals surface area contributed by atoms with Gasteiger partial charge in [0.2, 0.25) is 6.54 Å². The summed E-state index contributed by atoms with van der Waals surface area (Å²) in [7, 11) is 1.06. The van der Waals surface area contributed by atoms with Gasteiger partial charge in [0, 0.05) is 18.0 Å². The lowest BCUT2D eigenvalue weighted by Crippen LogP contribution is -2.53. The Labute approximate surface area is 193 Å². The Morgan fingerprint density at radius 1 is 1.19 bits per heavy atom. The van der Waals surface area contributed by atoms with Crippen LogP contribution in [0.2, 0.25) is 18.1 Å². The lowest BCUT2D eigenvalue weighted by molar-refractivity contribution is -0.494. The fourth-order valence-corrected chi connectivity index (χ4v) is 5.20. The van der Waals surface area contributed by atoms with Gasteiger partial charge >= 0.3 is 0 Å². The highest BCUT2D eigenvalue weighted by molar-refractivity contribution is 6.74. The molecular formula is C24H39NO6Si. The van der Waals surface area contributed by atoms with Crippen molar-refractivity contribution in [2.75, 3.05) is 20.8 Å². The normalized spacial score (nSPS) is 22.9. The van der Waals surface area contributed by atoms with Crippen LogP contribution in [-0.2, 0) is 20.5 Å². The molecule has 0 unspecified atom stereocenters. The Morgan fingerprint density at radius 2 is 1.81 bits per heavy atom. The van der Waals surface area contributed by atoms with Gasteiger partial charge in [-0.25, -0.2) is 0 Å². The molecular weight excluding hydrogens is 426 g/mol. The molecule has 180 valence electrons. The van der Waals surface area contributed by atoms with Crippen LogP contribution in [0.25, 0.3) is 0 Å². The van der Waals surface area contributed by atoms with E-state index in [-0.39, 0.29) is 34.6 Å². The number of hydrogen-bond acceptors (Lipinski definition) is 6. The quantitative estimate of drug-likeness (QED) is 0.204. The molecule has 0 heterocycles. The summed E-state index contributed by atoms with van der Waals surface area (Å²) in [5.41, 5.74) is 2.07. The van der Waals surface area contributed by atoms with Crippen LogP contribution in [0, 0.1) is 16.0 Å². The number of hydrogen-bond donors (Lipinski definition) is 0. The SMILES string of the molecule is COc1ccc(CO[C@H]2C(C)=CC[C@H](O[Si](C)(C)C(C)(C)C)[C@H]2[C@H](C[N+](=O)[O-])OC)cc1. The molecule has 0 saturated carbocycles. The number of nitrogens with zero attached hydrogens (tertiary/aromatic N) is 1. The fourth-order valence-electron chi connectivity index (χ4n) is 3.84. The molecule has 0 aliphatic heterocycles. The third kappa shape index (κ3) is 6.63. The Morgan fingerprint density at radius 3 is 2.31 bits per heavy atom. The lowest BCUT2D eigenvalue weighted by Gasteiger charge is -2.46. The lowest BCUT2D eigenvalue weighted by atomic mass is 9.80. The van der Waals surface area contributed by atoms with Gasteiger partial charge in [0.1, 0.15) is 11.9 Å². The van der Waals surface area contributed by atoms with Crippen LogP contribution in [-0.4, -0.2) is 52.3 Å². The monoisotopic (exact) mass is 465 g/mol. The molecule has 0 spiro atoms. The van der Waals surface area contributed by atoms with Gasteiger partial charge in [0.25, 0.3) is 0 Å². The van der Waals surface area contributed by atoms with E-state index in [0.717, 1.165) is 16.9 Å². The van der Waals surface area contributed by atoms with Gasteiger partial charge in [0.05, 0.1) is 25.9 Å². The first-order chi connectivity index (χ1) is 14.9. The van der Waals surface area contributed by atoms with Gasteiger partial charge in [0.15, 0.2) is 8.32 Å². The largest absolute Gasteiger partial charge is 0.497 e. The van der Waals surface area contributed by atoms with Crippen LogP contribution in [0.4, 0.5) is 0 Å². The van der Waals surface area contributed by atoms with Crippen molar-refractivity contribution in [1.29, 1.82) is 0 Å². The minimum absolute atomic E-state index is 0.0267. The predicted molar refractivity (Wildman–Crippen MR) is 128 cm³/mol. The summed E-state index contributed by atoms with van der Waals surface area (Å²) in [6.07, 6.45) is 1.70. The predicted octanol–water partition coefficient (Wildman–Crippen LogP) is 5.23. The molecule has 0 fully saturated rings. The first-order valence-electron chi connectivity index (χ1n) is 11.1. The number of nitro groups is 1. The molecule has 0 amide bonds. The van der Waals surface area contributed by atoms with Crippen molar-refractivity contribution in [2.45, 2.75) is 77.2 Å². The molecule has 1 aliphatic rings. The molecule has 0 N–H and O–H groups in total. The molecule has 0 aromatic heterocycles. The highest BCUT2D eigenvalue weighted by Gasteiger charge is 2.47. The van der Waals surface area contributed by atoms with Crippen LogP contribution in [0.15, 0.2) is 35.9 Å². The molecule has 0 bridgehead atoms. The maximum atomic E-state index is 11.4. The zero-order valence-corrected chi connectivity index (χ0v) is 21.7. The molecule has 2 rings (SSSR count). The molecule has 4 atom stereocenters. The highest BCUT2D eigenvalue weighted by atomic mass is 28.4. The average molecular weight is 466 g/mol. The van der Waals surface area contributed by atoms with Crippen molar-refractivity contribution in [2.24, 2.45) is 5.92 Å². The average Bonchev–Trinajstić information content (AvgIpc) is 2.71. The standard InChI is InChI=1S/C24H39NO6Si/c1-17-9-14-20(31-32(7,8)24(2,3)4)22(21(29-6)15-25(26)27)23(17)30-16-18-10-12-19(28-5)13-11-18/h9-13,20-23H,14-16H2,1-8H3/t20-,21-,22-,23-/m0/s1. The fraction of sp³-hybridized carbons (Fsp3) is 0.667. The van der Waals surface area contributed by atoms with Gasteiger partial charge < -0.3 is 18.6 Å². The highest BCUT2D eigenvalue weighted by Crippen LogP contribution is 2.42. The molecule has 8 heteroatoms. The molecule has 7 nitrogen and oxygen atoms in total. The van der Waals surface area contributed by atoms with E-state index in [9.17, 15) is 10.1 Å². The zero-order valence-electron chi connectivity index (χ0n) is 20.7. The summed E-state index contributed by atoms with van der Waals surface area (Å²) in [5, 5.41) is 11.4. The van der Waals surface area contributed by atoms with Crippen LogP contribution < -0.4 is 4.74 Å². The van der Waals surface area contributed by atoms with E-state index in [1.807, 2.05) is 31.2 Å². The minimum atomic E-state index is -2.11. The van der Waals surface area contributed by atoms with E-state index in [1.54, 1.807) is 7.11 Å². The third-order valence-corrected chi connectivity index (χ3v) is 11.3. The number of ether oxygens (including phenoxy) is 3. The first-order valence-corrected chi connectivity index (χ1v) is 14.0. The number of rotatable bonds is 10. The maximum Gasteiger partial charge on any atom is 0.230 e. The van der Waals surface area contributed by atoms with Gasteiger partial charge in [-0.1, -0.05) is 39.0 Å². The van der Waals surface area contributed by atoms with Crippen molar-refractivity contribution in [1.82, 2.24) is 0 Å². The van der Waals surface area contributed by atoms with Gasteiger partial charge in [-0.15, -0.1) is 0 Å². The van der Waals surface area contributed by atoms with Crippen LogP contribution >= 0.6 is 0 Å². The summed E-state index contributed by atoms with van der Waals surface area (Å²) in [6, 6.07) is 7.72. The molecule has 1 aliphatic carbocycles. The van der Waals surface area contributed by atoms with Gasteiger partial charge in [-0.3, -0.25) is 10.1 Å². The van der Waals surface area contributed by atoms with E-state index in [4.69, 9.17) is 18.6 Å². The molecule has 1 aromatic carbocycles. The Kier molecular flexibility index (Phi) is 9.04. The van der Waals surface area contributed by atoms with E-state index in [0.29, 0.717) is 13.0 Å². The van der Waals surface area contributed by atoms with Crippen molar-refractivity contribution in [3.05, 3.63) is 51.6 Å².